The van der Waals surface area contributed by atoms with Gasteiger partial charge in [-0.15, -0.1) is 0 Å². The van der Waals surface area contributed by atoms with Crippen molar-refractivity contribution in [1.29, 1.82) is 0 Å². The van der Waals surface area contributed by atoms with Crippen LogP contribution in [0, 0.1) is 0 Å². The van der Waals surface area contributed by atoms with E-state index in [-0.39, 0.29) is 22.3 Å². The second-order valence-corrected chi connectivity index (χ2v) is 9.99. The lowest BCUT2D eigenvalue weighted by Crippen LogP contribution is -2.16. The maximum Gasteiger partial charge on any atom is 0.453 e. The number of hydrogen-bond acceptors (Lipinski definition) is 7. The quantitative estimate of drug-likeness (QED) is 0.129. The molecule has 0 saturated heterocycles. The van der Waals surface area contributed by atoms with Gasteiger partial charge in [0.15, 0.2) is 11.5 Å². The summed E-state index contributed by atoms with van der Waals surface area (Å²) in [6.07, 6.45) is -2.45. The predicted molar refractivity (Wildman–Crippen MR) is 147 cm³/mol. The number of ether oxygens (including phenoxy) is 4. The second-order valence-electron chi connectivity index (χ2n) is 9.99. The smallest absolute Gasteiger partial charge is 0.453 e. The first-order valence-corrected chi connectivity index (χ1v) is 12.4. The van der Waals surface area contributed by atoms with Gasteiger partial charge in [0.05, 0.1) is 19.6 Å². The van der Waals surface area contributed by atoms with Crippen LogP contribution < -0.4 is 24.4 Å². The first-order valence-electron chi connectivity index (χ1n) is 12.4. The molecule has 3 aromatic carbocycles. The number of benzene rings is 3. The zero-order valence-electron chi connectivity index (χ0n) is 22.9. The third kappa shape index (κ3) is 6.71. The predicted octanol–water partition coefficient (Wildman–Crippen LogP) is 7.54. The summed E-state index contributed by atoms with van der Waals surface area (Å²) in [5.74, 6) is -2.52. The van der Waals surface area contributed by atoms with E-state index in [0.29, 0.717) is 17.1 Å². The highest BCUT2D eigenvalue weighted by Gasteiger charge is 2.40. The minimum absolute atomic E-state index is 0.0435. The fraction of sp³-hybridized carbons (Fsp3) is 0.226. The molecule has 7 nitrogen and oxygen atoms in total. The Morgan fingerprint density at radius 1 is 0.854 bits per heavy atom. The number of carbonyl (C=O) groups excluding carboxylic acids is 1. The van der Waals surface area contributed by atoms with E-state index in [1.165, 1.54) is 44.6 Å². The van der Waals surface area contributed by atoms with Crippen LogP contribution in [0.1, 0.15) is 37.7 Å². The summed E-state index contributed by atoms with van der Waals surface area (Å²) >= 11 is 0. The fourth-order valence-electron chi connectivity index (χ4n) is 3.91. The van der Waals surface area contributed by atoms with Crippen molar-refractivity contribution in [3.63, 3.8) is 0 Å². The van der Waals surface area contributed by atoms with Crippen LogP contribution in [0.5, 0.6) is 28.7 Å². The van der Waals surface area contributed by atoms with Gasteiger partial charge in [-0.25, -0.2) is 4.79 Å². The lowest BCUT2D eigenvalue weighted by molar-refractivity contribution is -0.154. The van der Waals surface area contributed by atoms with Crippen LogP contribution >= 0.6 is 0 Å². The Balaban J connectivity index is 1.61. The molecule has 0 radical (unpaired) electrons. The van der Waals surface area contributed by atoms with Crippen molar-refractivity contribution >= 4 is 23.0 Å². The molecule has 0 unspecified atom stereocenters. The van der Waals surface area contributed by atoms with Gasteiger partial charge in [0, 0.05) is 12.1 Å². The minimum atomic E-state index is -5.04. The van der Waals surface area contributed by atoms with Crippen molar-refractivity contribution in [2.24, 2.45) is 0 Å². The number of esters is 1. The maximum absolute atomic E-state index is 13.9. The standard InChI is InChI=1S/C31H27F3O7/c1-30(2,3)19-8-10-20(11-9-19)40-28-27(36)22-13-12-21(17-24(22)41-29(28)31(32,33)34)39-26(35)15-7-18-6-14-23(37-4)25(16-18)38-5/h6-17H,1-5H3. The van der Waals surface area contributed by atoms with Gasteiger partial charge < -0.3 is 23.4 Å². The summed E-state index contributed by atoms with van der Waals surface area (Å²) in [6, 6.07) is 14.9. The van der Waals surface area contributed by atoms with E-state index in [0.717, 1.165) is 17.7 Å². The van der Waals surface area contributed by atoms with Crippen molar-refractivity contribution in [2.45, 2.75) is 32.4 Å². The summed E-state index contributed by atoms with van der Waals surface area (Å²) in [6.45, 7) is 5.97. The molecule has 214 valence electrons. The molecule has 0 fully saturated rings. The monoisotopic (exact) mass is 568 g/mol. The van der Waals surface area contributed by atoms with Crippen molar-refractivity contribution < 1.29 is 41.3 Å². The molecule has 1 aromatic heterocycles. The summed E-state index contributed by atoms with van der Waals surface area (Å²) in [7, 11) is 2.97. The Morgan fingerprint density at radius 2 is 1.51 bits per heavy atom. The highest BCUT2D eigenvalue weighted by Crippen LogP contribution is 2.39. The number of fused-ring (bicyclic) bond motifs is 1. The molecule has 0 saturated carbocycles. The molecule has 4 aromatic rings. The number of carbonyl (C=O) groups is 1. The molecule has 41 heavy (non-hydrogen) atoms. The Hall–Kier alpha value is -4.73. The maximum atomic E-state index is 13.9. The molecular formula is C31H27F3O7. The van der Waals surface area contributed by atoms with Gasteiger partial charge in [-0.05, 0) is 59.0 Å². The molecule has 0 amide bonds. The lowest BCUT2D eigenvalue weighted by atomic mass is 9.87. The zero-order valence-corrected chi connectivity index (χ0v) is 22.9. The molecule has 4 rings (SSSR count). The molecule has 0 N–H and O–H groups in total. The normalized spacial score (nSPS) is 12.0. The van der Waals surface area contributed by atoms with E-state index in [2.05, 4.69) is 0 Å². The summed E-state index contributed by atoms with van der Waals surface area (Å²) < 4.78 is 67.9. The van der Waals surface area contributed by atoms with Crippen molar-refractivity contribution in [1.82, 2.24) is 0 Å². The second kappa shape index (κ2) is 11.4. The SMILES string of the molecule is COc1ccc(C=CC(=O)Oc2ccc3c(=O)c(Oc4ccc(C(C)(C)C)cc4)c(C(F)(F)F)oc3c2)cc1OC. The van der Waals surface area contributed by atoms with Crippen LogP contribution in [0.4, 0.5) is 13.2 Å². The molecule has 0 aliphatic rings. The van der Waals surface area contributed by atoms with Crippen molar-refractivity contribution in [3.8, 4) is 28.7 Å². The van der Waals surface area contributed by atoms with E-state index in [1.54, 1.807) is 30.3 Å². The topological polar surface area (TPSA) is 84.2 Å². The van der Waals surface area contributed by atoms with E-state index >= 15 is 0 Å². The largest absolute Gasteiger partial charge is 0.493 e. The van der Waals surface area contributed by atoms with Gasteiger partial charge in [-0.2, -0.15) is 13.2 Å². The molecule has 0 aliphatic carbocycles. The average molecular weight is 569 g/mol. The molecule has 0 atom stereocenters. The molecule has 0 bridgehead atoms. The van der Waals surface area contributed by atoms with Crippen molar-refractivity contribution in [3.05, 3.63) is 93.9 Å². The number of halogens is 3. The number of hydrogen-bond donors (Lipinski definition) is 0. The Labute approximate surface area is 233 Å². The third-order valence-corrected chi connectivity index (χ3v) is 6.06. The Morgan fingerprint density at radius 3 is 2.12 bits per heavy atom. The van der Waals surface area contributed by atoms with Gasteiger partial charge in [0.25, 0.3) is 5.76 Å². The highest BCUT2D eigenvalue weighted by atomic mass is 19.4. The Kier molecular flexibility index (Phi) is 8.14. The van der Waals surface area contributed by atoms with Crippen LogP contribution in [-0.4, -0.2) is 20.2 Å². The lowest BCUT2D eigenvalue weighted by Gasteiger charge is -2.19. The molecule has 1 heterocycles. The fourth-order valence-corrected chi connectivity index (χ4v) is 3.91. The van der Waals surface area contributed by atoms with Crippen LogP contribution in [0.25, 0.3) is 17.0 Å². The average Bonchev–Trinajstić information content (AvgIpc) is 2.92. The summed E-state index contributed by atoms with van der Waals surface area (Å²) in [5.41, 5.74) is -0.0825. The van der Waals surface area contributed by atoms with Crippen molar-refractivity contribution in [2.75, 3.05) is 14.2 Å². The molecule has 10 heteroatoms. The van der Waals surface area contributed by atoms with Crippen LogP contribution in [-0.2, 0) is 16.4 Å². The van der Waals surface area contributed by atoms with Gasteiger partial charge in [-0.1, -0.05) is 39.0 Å². The third-order valence-electron chi connectivity index (χ3n) is 6.06. The van der Waals surface area contributed by atoms with E-state index in [9.17, 15) is 22.8 Å². The van der Waals surface area contributed by atoms with E-state index < -0.39 is 34.7 Å². The minimum Gasteiger partial charge on any atom is -0.493 e. The number of methoxy groups -OCH3 is 2. The Bertz CT molecular complexity index is 1660. The first kappa shape index (κ1) is 29.3. The summed E-state index contributed by atoms with van der Waals surface area (Å²) in [5, 5.41) is -0.181. The van der Waals surface area contributed by atoms with Crippen LogP contribution in [0.3, 0.4) is 0 Å². The van der Waals surface area contributed by atoms with Crippen LogP contribution in [0.2, 0.25) is 0 Å². The van der Waals surface area contributed by atoms with Gasteiger partial charge in [0.2, 0.25) is 11.2 Å². The molecular weight excluding hydrogens is 541 g/mol. The van der Waals surface area contributed by atoms with E-state index in [1.807, 2.05) is 20.8 Å². The summed E-state index contributed by atoms with van der Waals surface area (Å²) in [4.78, 5) is 25.5. The van der Waals surface area contributed by atoms with Gasteiger partial charge in [0.1, 0.15) is 17.1 Å². The van der Waals surface area contributed by atoms with Crippen LogP contribution in [0.15, 0.2) is 76.0 Å². The highest BCUT2D eigenvalue weighted by molar-refractivity contribution is 5.89. The first-order chi connectivity index (χ1) is 19.3. The molecule has 0 spiro atoms. The van der Waals surface area contributed by atoms with Gasteiger partial charge in [-0.3, -0.25) is 4.79 Å². The van der Waals surface area contributed by atoms with Gasteiger partial charge >= 0.3 is 12.1 Å². The molecule has 0 aliphatic heterocycles. The number of rotatable bonds is 7. The number of alkyl halides is 3. The zero-order chi connectivity index (χ0) is 29.9. The van der Waals surface area contributed by atoms with E-state index in [4.69, 9.17) is 23.4 Å².